The molecule has 5 rings (SSSR count). The van der Waals surface area contributed by atoms with E-state index < -0.39 is 47.0 Å². The number of carbonyl (C=O) groups is 1. The van der Waals surface area contributed by atoms with Crippen molar-refractivity contribution in [3.05, 3.63) is 81.3 Å². The summed E-state index contributed by atoms with van der Waals surface area (Å²) in [6.07, 6.45) is -6.35. The fourth-order valence-corrected chi connectivity index (χ4v) is 4.90. The van der Waals surface area contributed by atoms with Gasteiger partial charge in [0.25, 0.3) is 11.5 Å². The van der Waals surface area contributed by atoms with Crippen LogP contribution < -0.4 is 5.56 Å². The van der Waals surface area contributed by atoms with Crippen molar-refractivity contribution >= 4 is 5.91 Å². The third kappa shape index (κ3) is 3.90. The topological polar surface area (TPSA) is 60.1 Å². The van der Waals surface area contributed by atoms with Gasteiger partial charge >= 0.3 is 12.4 Å². The minimum Gasteiger partial charge on any atom is -0.326 e. The first-order valence-corrected chi connectivity index (χ1v) is 10.7. The van der Waals surface area contributed by atoms with Crippen LogP contribution in [0, 0.1) is 6.92 Å². The van der Waals surface area contributed by atoms with Crippen molar-refractivity contribution < 1.29 is 31.1 Å². The third-order valence-electron chi connectivity index (χ3n) is 6.49. The zero-order valence-corrected chi connectivity index (χ0v) is 18.2. The molecular formula is C23H18F6N4O2. The standard InChI is InChI=1S/C23H18F6N4O2/c1-12-9-31(11-30-12)18-4-5-19-21(35)33-16(10-32(19)20(18)34)2-3-17(33)13-6-14(22(24,25)26)8-15(7-13)23(27,28)29/h4-9,11,16-17H,2-3,10H2,1H3/t16-,17+/m0/s1. The maximum Gasteiger partial charge on any atom is 0.416 e. The molecule has 2 aromatic heterocycles. The number of nitrogens with zero attached hydrogens (tertiary/aromatic N) is 4. The summed E-state index contributed by atoms with van der Waals surface area (Å²) in [7, 11) is 0. The van der Waals surface area contributed by atoms with Gasteiger partial charge in [-0.25, -0.2) is 4.98 Å². The second-order valence-electron chi connectivity index (χ2n) is 8.74. The Morgan fingerprint density at radius 3 is 2.17 bits per heavy atom. The summed E-state index contributed by atoms with van der Waals surface area (Å²) in [6, 6.07) is 2.78. The van der Waals surface area contributed by atoms with Gasteiger partial charge in [-0.2, -0.15) is 26.3 Å². The number of carbonyl (C=O) groups excluding carboxylic acids is 1. The Morgan fingerprint density at radius 2 is 1.60 bits per heavy atom. The number of amides is 1. The van der Waals surface area contributed by atoms with Gasteiger partial charge < -0.3 is 14.0 Å². The van der Waals surface area contributed by atoms with E-state index in [1.165, 1.54) is 32.5 Å². The highest BCUT2D eigenvalue weighted by atomic mass is 19.4. The number of halogens is 6. The minimum atomic E-state index is -4.98. The Bertz CT molecular complexity index is 1360. The number of aromatic nitrogens is 3. The van der Waals surface area contributed by atoms with Gasteiger partial charge in [-0.3, -0.25) is 9.59 Å². The summed E-state index contributed by atoms with van der Waals surface area (Å²) in [4.78, 5) is 31.9. The smallest absolute Gasteiger partial charge is 0.326 e. The van der Waals surface area contributed by atoms with Crippen molar-refractivity contribution in [2.75, 3.05) is 0 Å². The van der Waals surface area contributed by atoms with Crippen LogP contribution in [-0.4, -0.2) is 31.0 Å². The molecule has 3 aromatic rings. The molecule has 0 aliphatic carbocycles. The Hall–Kier alpha value is -3.57. The molecule has 1 saturated heterocycles. The molecule has 184 valence electrons. The van der Waals surface area contributed by atoms with Crippen molar-refractivity contribution in [2.45, 2.75) is 50.7 Å². The molecule has 2 atom stereocenters. The molecule has 2 aliphatic rings. The molecule has 6 nitrogen and oxygen atoms in total. The number of fused-ring (bicyclic) bond motifs is 2. The Morgan fingerprint density at radius 1 is 0.943 bits per heavy atom. The van der Waals surface area contributed by atoms with Crippen LogP contribution in [0.25, 0.3) is 5.69 Å². The summed E-state index contributed by atoms with van der Waals surface area (Å²) in [5.74, 6) is -0.611. The maximum absolute atomic E-state index is 13.4. The highest BCUT2D eigenvalue weighted by Crippen LogP contribution is 2.43. The highest BCUT2D eigenvalue weighted by Gasteiger charge is 2.45. The summed E-state index contributed by atoms with van der Waals surface area (Å²) < 4.78 is 83.0. The van der Waals surface area contributed by atoms with Crippen LogP contribution in [0.1, 0.15) is 51.8 Å². The summed E-state index contributed by atoms with van der Waals surface area (Å²) in [6.45, 7) is 1.84. The molecule has 0 bridgehead atoms. The van der Waals surface area contributed by atoms with E-state index in [0.717, 1.165) is 0 Å². The summed E-state index contributed by atoms with van der Waals surface area (Å²) >= 11 is 0. The van der Waals surface area contributed by atoms with Crippen molar-refractivity contribution in [2.24, 2.45) is 0 Å². The molecule has 1 fully saturated rings. The van der Waals surface area contributed by atoms with E-state index in [4.69, 9.17) is 0 Å². The van der Waals surface area contributed by atoms with Gasteiger partial charge in [0.05, 0.1) is 35.2 Å². The predicted molar refractivity (Wildman–Crippen MR) is 111 cm³/mol. The molecular weight excluding hydrogens is 478 g/mol. The molecule has 35 heavy (non-hydrogen) atoms. The van der Waals surface area contributed by atoms with E-state index in [-0.39, 0.29) is 36.0 Å². The molecule has 0 saturated carbocycles. The lowest BCUT2D eigenvalue weighted by atomic mass is 9.98. The molecule has 0 unspecified atom stereocenters. The zero-order valence-electron chi connectivity index (χ0n) is 18.2. The Labute approximate surface area is 194 Å². The van der Waals surface area contributed by atoms with Gasteiger partial charge in [-0.15, -0.1) is 0 Å². The summed E-state index contributed by atoms with van der Waals surface area (Å²) in [5.41, 5.74) is -2.52. The summed E-state index contributed by atoms with van der Waals surface area (Å²) in [5, 5.41) is 0. The average Bonchev–Trinajstić information content (AvgIpc) is 3.39. The van der Waals surface area contributed by atoms with Crippen molar-refractivity contribution in [1.82, 2.24) is 19.0 Å². The van der Waals surface area contributed by atoms with E-state index in [1.807, 2.05) is 0 Å². The monoisotopic (exact) mass is 496 g/mol. The largest absolute Gasteiger partial charge is 0.416 e. The second kappa shape index (κ2) is 7.72. The first-order valence-electron chi connectivity index (χ1n) is 10.7. The average molecular weight is 496 g/mol. The lowest BCUT2D eigenvalue weighted by Gasteiger charge is -2.36. The van der Waals surface area contributed by atoms with E-state index in [0.29, 0.717) is 24.2 Å². The maximum atomic E-state index is 13.4. The lowest BCUT2D eigenvalue weighted by Crippen LogP contribution is -2.49. The first kappa shape index (κ1) is 23.2. The first-order chi connectivity index (χ1) is 16.3. The van der Waals surface area contributed by atoms with Crippen LogP contribution >= 0.6 is 0 Å². The predicted octanol–water partition coefficient (Wildman–Crippen LogP) is 4.74. The van der Waals surface area contributed by atoms with Gasteiger partial charge in [0.15, 0.2) is 0 Å². The van der Waals surface area contributed by atoms with E-state index in [1.54, 1.807) is 13.1 Å². The SMILES string of the molecule is Cc1cn(-c2ccc3n(c2=O)C[C@@H]2CC[C@H](c4cc(C(F)(F)F)cc(C(F)(F)F)c4)N2C3=O)cn1. The number of rotatable bonds is 2. The van der Waals surface area contributed by atoms with Crippen LogP contribution in [0.5, 0.6) is 0 Å². The molecule has 0 N–H and O–H groups in total. The van der Waals surface area contributed by atoms with Crippen LogP contribution in [0.15, 0.2) is 47.7 Å². The molecule has 0 spiro atoms. The van der Waals surface area contributed by atoms with Gasteiger partial charge in [-0.1, -0.05) is 0 Å². The van der Waals surface area contributed by atoms with E-state index in [2.05, 4.69) is 4.98 Å². The zero-order chi connectivity index (χ0) is 25.3. The number of benzene rings is 1. The number of hydrogen-bond acceptors (Lipinski definition) is 3. The number of imidazole rings is 1. The van der Waals surface area contributed by atoms with Gasteiger partial charge in [0.1, 0.15) is 11.4 Å². The number of alkyl halides is 6. The fourth-order valence-electron chi connectivity index (χ4n) is 4.90. The molecule has 0 radical (unpaired) electrons. The van der Waals surface area contributed by atoms with Gasteiger partial charge in [0.2, 0.25) is 0 Å². The molecule has 2 aliphatic heterocycles. The highest BCUT2D eigenvalue weighted by molar-refractivity contribution is 5.94. The van der Waals surface area contributed by atoms with Gasteiger partial charge in [0, 0.05) is 12.7 Å². The third-order valence-corrected chi connectivity index (χ3v) is 6.49. The Kier molecular flexibility index (Phi) is 5.11. The fraction of sp³-hybridized carbons (Fsp3) is 0.348. The van der Waals surface area contributed by atoms with Crippen molar-refractivity contribution in [3.63, 3.8) is 0 Å². The van der Waals surface area contributed by atoms with E-state index >= 15 is 0 Å². The molecule has 1 amide bonds. The number of hydrogen-bond donors (Lipinski definition) is 0. The van der Waals surface area contributed by atoms with Gasteiger partial charge in [-0.05, 0) is 55.7 Å². The van der Waals surface area contributed by atoms with Crippen LogP contribution in [-0.2, 0) is 18.9 Å². The Balaban J connectivity index is 1.56. The molecule has 12 heteroatoms. The molecule has 1 aromatic carbocycles. The van der Waals surface area contributed by atoms with E-state index in [9.17, 15) is 35.9 Å². The normalized spacial score (nSPS) is 20.2. The number of pyridine rings is 1. The lowest BCUT2D eigenvalue weighted by molar-refractivity contribution is -0.143. The van der Waals surface area contributed by atoms with Crippen molar-refractivity contribution in [3.8, 4) is 5.69 Å². The second-order valence-corrected chi connectivity index (χ2v) is 8.74. The quantitative estimate of drug-likeness (QED) is 0.482. The number of aryl methyl sites for hydroxylation is 1. The van der Waals surface area contributed by atoms with Crippen LogP contribution in [0.2, 0.25) is 0 Å². The van der Waals surface area contributed by atoms with Crippen LogP contribution in [0.4, 0.5) is 26.3 Å². The van der Waals surface area contributed by atoms with Crippen molar-refractivity contribution in [1.29, 1.82) is 0 Å². The minimum absolute atomic E-state index is 0.0294. The molecule has 4 heterocycles. The van der Waals surface area contributed by atoms with Crippen LogP contribution in [0.3, 0.4) is 0 Å².